The molecule has 0 aliphatic heterocycles. The molecule has 0 bridgehead atoms. The number of ether oxygens (including phenoxy) is 2. The first-order chi connectivity index (χ1) is 16.4. The van der Waals surface area contributed by atoms with Crippen molar-refractivity contribution < 1.29 is 19.1 Å². The fourth-order valence-corrected chi connectivity index (χ4v) is 3.58. The molecule has 8 heteroatoms. The minimum Gasteiger partial charge on any atom is -0.493 e. The number of hydrogen-bond donors (Lipinski definition) is 2. The van der Waals surface area contributed by atoms with Gasteiger partial charge in [0, 0.05) is 21.2 Å². The van der Waals surface area contributed by atoms with Crippen molar-refractivity contribution in [1.29, 1.82) is 0 Å². The van der Waals surface area contributed by atoms with Crippen LogP contribution in [0.3, 0.4) is 0 Å². The molecular formula is C26H26Cl2N2O4. The first-order valence-corrected chi connectivity index (χ1v) is 11.6. The van der Waals surface area contributed by atoms with E-state index in [0.29, 0.717) is 44.8 Å². The van der Waals surface area contributed by atoms with Gasteiger partial charge >= 0.3 is 0 Å². The number of halogens is 2. The Balaban J connectivity index is 1.92. The molecule has 0 unspecified atom stereocenters. The molecule has 2 N–H and O–H groups in total. The van der Waals surface area contributed by atoms with E-state index in [4.69, 9.17) is 32.7 Å². The van der Waals surface area contributed by atoms with E-state index in [1.54, 1.807) is 73.8 Å². The van der Waals surface area contributed by atoms with Crippen molar-refractivity contribution in [3.63, 3.8) is 0 Å². The van der Waals surface area contributed by atoms with Crippen molar-refractivity contribution in [1.82, 2.24) is 10.6 Å². The topological polar surface area (TPSA) is 76.7 Å². The molecule has 0 aromatic heterocycles. The summed E-state index contributed by atoms with van der Waals surface area (Å²) in [4.78, 5) is 25.9. The van der Waals surface area contributed by atoms with E-state index in [1.807, 2.05) is 0 Å². The van der Waals surface area contributed by atoms with Gasteiger partial charge in [-0.15, -0.1) is 0 Å². The second-order valence-electron chi connectivity index (χ2n) is 7.51. The predicted octanol–water partition coefficient (Wildman–Crippen LogP) is 6.04. The van der Waals surface area contributed by atoms with Crippen LogP contribution in [-0.2, 0) is 0 Å². The Kier molecular flexibility index (Phi) is 9.19. The third kappa shape index (κ3) is 6.89. The fourth-order valence-electron chi connectivity index (χ4n) is 3.20. The zero-order chi connectivity index (χ0) is 24.5. The number of carbonyl (C=O) groups excluding carboxylic acids is 2. The maximum Gasteiger partial charge on any atom is 0.253 e. The number of nitrogens with one attached hydrogen (secondary N) is 2. The van der Waals surface area contributed by atoms with Gasteiger partial charge in [0.05, 0.1) is 13.7 Å². The van der Waals surface area contributed by atoms with Gasteiger partial charge in [0.25, 0.3) is 11.8 Å². The van der Waals surface area contributed by atoms with Crippen LogP contribution in [0.2, 0.25) is 10.0 Å². The van der Waals surface area contributed by atoms with Crippen molar-refractivity contribution in [2.75, 3.05) is 13.7 Å². The van der Waals surface area contributed by atoms with Crippen LogP contribution in [0.5, 0.6) is 11.5 Å². The van der Waals surface area contributed by atoms with Gasteiger partial charge in [-0.2, -0.15) is 0 Å². The molecule has 0 atom stereocenters. The molecule has 3 aromatic rings. The minimum absolute atomic E-state index is 0.363. The third-order valence-corrected chi connectivity index (χ3v) is 5.47. The molecule has 0 fully saturated rings. The van der Waals surface area contributed by atoms with Crippen LogP contribution in [0.15, 0.2) is 66.7 Å². The van der Waals surface area contributed by atoms with Gasteiger partial charge in [-0.25, -0.2) is 0 Å². The lowest BCUT2D eigenvalue weighted by Crippen LogP contribution is -2.41. The zero-order valence-electron chi connectivity index (χ0n) is 18.9. The normalized spacial score (nSPS) is 10.6. The second kappa shape index (κ2) is 12.3. The van der Waals surface area contributed by atoms with E-state index in [2.05, 4.69) is 17.6 Å². The second-order valence-corrected chi connectivity index (χ2v) is 8.39. The summed E-state index contributed by atoms with van der Waals surface area (Å²) in [7, 11) is 1.56. The highest BCUT2D eigenvalue weighted by molar-refractivity contribution is 6.31. The van der Waals surface area contributed by atoms with E-state index in [-0.39, 0.29) is 0 Å². The van der Waals surface area contributed by atoms with E-state index >= 15 is 0 Å². The molecule has 6 nitrogen and oxygen atoms in total. The Morgan fingerprint density at radius 3 is 1.94 bits per heavy atom. The number of hydrogen-bond acceptors (Lipinski definition) is 4. The maximum atomic E-state index is 13.0. The van der Waals surface area contributed by atoms with Crippen LogP contribution in [0.4, 0.5) is 0 Å². The van der Waals surface area contributed by atoms with Crippen molar-refractivity contribution in [3.8, 4) is 11.5 Å². The molecular weight excluding hydrogens is 475 g/mol. The SMILES string of the molecule is CCCCOc1cc(C(NC(=O)c2cccc(Cl)c2)NC(=O)c2cccc(Cl)c2)ccc1OC. The highest BCUT2D eigenvalue weighted by atomic mass is 35.5. The van der Waals surface area contributed by atoms with E-state index < -0.39 is 18.0 Å². The Hall–Kier alpha value is -3.22. The molecule has 34 heavy (non-hydrogen) atoms. The number of carbonyl (C=O) groups is 2. The van der Waals surface area contributed by atoms with E-state index in [9.17, 15) is 9.59 Å². The van der Waals surface area contributed by atoms with Crippen molar-refractivity contribution in [2.45, 2.75) is 25.9 Å². The lowest BCUT2D eigenvalue weighted by molar-refractivity contribution is 0.0883. The van der Waals surface area contributed by atoms with Crippen molar-refractivity contribution in [3.05, 3.63) is 93.5 Å². The Labute approximate surface area is 209 Å². The molecule has 3 aromatic carbocycles. The molecule has 3 rings (SSSR count). The number of methoxy groups -OCH3 is 1. The fraction of sp³-hybridized carbons (Fsp3) is 0.231. The Morgan fingerprint density at radius 1 is 0.853 bits per heavy atom. The molecule has 2 amide bonds. The molecule has 0 aliphatic carbocycles. The van der Waals surface area contributed by atoms with Crippen LogP contribution < -0.4 is 20.1 Å². The number of rotatable bonds is 10. The summed E-state index contributed by atoms with van der Waals surface area (Å²) in [5, 5.41) is 6.60. The number of benzene rings is 3. The van der Waals surface area contributed by atoms with Crippen molar-refractivity contribution >= 4 is 35.0 Å². The molecule has 178 valence electrons. The van der Waals surface area contributed by atoms with Gasteiger partial charge < -0.3 is 20.1 Å². The zero-order valence-corrected chi connectivity index (χ0v) is 20.5. The Bertz CT molecular complexity index is 1090. The first kappa shape index (κ1) is 25.4. The van der Waals surface area contributed by atoms with Crippen LogP contribution in [0.25, 0.3) is 0 Å². The standard InChI is InChI=1S/C26H26Cl2N2O4/c1-3-4-13-34-23-16-17(11-12-22(23)33-2)24(29-25(31)18-7-5-9-20(27)14-18)30-26(32)19-8-6-10-21(28)15-19/h5-12,14-16,24H,3-4,13H2,1-2H3,(H,29,31)(H,30,32). The summed E-state index contributed by atoms with van der Waals surface area (Å²) < 4.78 is 11.3. The minimum atomic E-state index is -0.864. The van der Waals surface area contributed by atoms with Gasteiger partial charge in [-0.05, 0) is 60.5 Å². The monoisotopic (exact) mass is 500 g/mol. The van der Waals surface area contributed by atoms with Crippen LogP contribution >= 0.6 is 23.2 Å². The Morgan fingerprint density at radius 2 is 1.44 bits per heavy atom. The number of amides is 2. The highest BCUT2D eigenvalue weighted by Gasteiger charge is 2.21. The molecule has 0 spiro atoms. The largest absolute Gasteiger partial charge is 0.493 e. The summed E-state index contributed by atoms with van der Waals surface area (Å²) in [5.74, 6) is 0.278. The molecule has 0 saturated carbocycles. The molecule has 0 saturated heterocycles. The number of unbranched alkanes of at least 4 members (excludes halogenated alkanes) is 1. The summed E-state index contributed by atoms with van der Waals surface area (Å²) in [6, 6.07) is 18.4. The van der Waals surface area contributed by atoms with Crippen LogP contribution in [0.1, 0.15) is 52.2 Å². The summed E-state index contributed by atoms with van der Waals surface area (Å²) in [5.41, 5.74) is 1.34. The summed E-state index contributed by atoms with van der Waals surface area (Å²) >= 11 is 12.1. The van der Waals surface area contributed by atoms with Crippen molar-refractivity contribution in [2.24, 2.45) is 0 Å². The average Bonchev–Trinajstić information content (AvgIpc) is 2.83. The van der Waals surface area contributed by atoms with Crippen LogP contribution in [-0.4, -0.2) is 25.5 Å². The average molecular weight is 501 g/mol. The molecule has 0 radical (unpaired) electrons. The quantitative estimate of drug-likeness (QED) is 0.262. The lowest BCUT2D eigenvalue weighted by Gasteiger charge is -2.22. The lowest BCUT2D eigenvalue weighted by atomic mass is 10.1. The summed E-state index contributed by atoms with van der Waals surface area (Å²) in [6.45, 7) is 2.59. The molecule has 0 heterocycles. The summed E-state index contributed by atoms with van der Waals surface area (Å²) in [6.07, 6.45) is 1.00. The van der Waals surface area contributed by atoms with Gasteiger partial charge in [0.1, 0.15) is 6.17 Å². The molecule has 0 aliphatic rings. The van der Waals surface area contributed by atoms with Gasteiger partial charge in [-0.3, -0.25) is 9.59 Å². The third-order valence-electron chi connectivity index (χ3n) is 5.00. The smallest absolute Gasteiger partial charge is 0.253 e. The highest BCUT2D eigenvalue weighted by Crippen LogP contribution is 2.30. The first-order valence-electron chi connectivity index (χ1n) is 10.8. The van der Waals surface area contributed by atoms with Gasteiger partial charge in [0.15, 0.2) is 11.5 Å². The predicted molar refractivity (Wildman–Crippen MR) is 134 cm³/mol. The van der Waals surface area contributed by atoms with Crippen LogP contribution in [0, 0.1) is 0 Å². The maximum absolute atomic E-state index is 13.0. The van der Waals surface area contributed by atoms with E-state index in [1.165, 1.54) is 0 Å². The van der Waals surface area contributed by atoms with Gasteiger partial charge in [-0.1, -0.05) is 54.7 Å². The van der Waals surface area contributed by atoms with E-state index in [0.717, 1.165) is 12.8 Å². The van der Waals surface area contributed by atoms with Gasteiger partial charge in [0.2, 0.25) is 0 Å².